The minimum absolute atomic E-state index is 0.0702. The molecule has 2 atom stereocenters. The van der Waals surface area contributed by atoms with Gasteiger partial charge in [0.1, 0.15) is 0 Å². The number of hydrogen-bond acceptors (Lipinski definition) is 1. The highest BCUT2D eigenvalue weighted by Crippen LogP contribution is 2.51. The van der Waals surface area contributed by atoms with Crippen molar-refractivity contribution in [1.29, 1.82) is 0 Å². The Morgan fingerprint density at radius 1 is 0.369 bits per heavy atom. The summed E-state index contributed by atoms with van der Waals surface area (Å²) in [6, 6.07) is 4.45. The molecule has 4 aliphatic rings. The minimum atomic E-state index is -1.54. The molecule has 7 heteroatoms. The summed E-state index contributed by atoms with van der Waals surface area (Å²) in [5.41, 5.74) is -0.140. The van der Waals surface area contributed by atoms with Crippen molar-refractivity contribution in [2.24, 2.45) is 47.3 Å². The molecule has 0 amide bonds. The first-order valence-electron chi connectivity index (χ1n) is 27.6. The molecule has 6 rings (SSSR count). The first-order chi connectivity index (χ1) is 31.7. The average molecular weight is 915 g/mol. The van der Waals surface area contributed by atoms with Crippen LogP contribution in [0.2, 0.25) is 0 Å². The fourth-order valence-corrected chi connectivity index (χ4v) is 13.4. The number of unbranched alkanes of at least 4 members (excludes halogenated alkanes) is 14. The van der Waals surface area contributed by atoms with Crippen LogP contribution in [0.5, 0.6) is 0 Å². The second kappa shape index (κ2) is 27.8. The summed E-state index contributed by atoms with van der Waals surface area (Å²) in [4.78, 5) is 0. The molecule has 0 heterocycles. The van der Waals surface area contributed by atoms with Crippen molar-refractivity contribution in [1.82, 2.24) is 0 Å². The van der Waals surface area contributed by atoms with E-state index in [-0.39, 0.29) is 23.0 Å². The molecule has 65 heavy (non-hydrogen) atoms. The number of hydrogen-bond donors (Lipinski definition) is 0. The molecule has 2 unspecified atom stereocenters. The van der Waals surface area contributed by atoms with Gasteiger partial charge in [0.2, 0.25) is 0 Å². The third-order valence-corrected chi connectivity index (χ3v) is 17.6. The van der Waals surface area contributed by atoms with Crippen LogP contribution < -0.4 is 0 Å². The van der Waals surface area contributed by atoms with Gasteiger partial charge in [-0.15, -0.1) is 0 Å². The van der Waals surface area contributed by atoms with Gasteiger partial charge in [-0.1, -0.05) is 167 Å². The van der Waals surface area contributed by atoms with Crippen molar-refractivity contribution in [3.8, 4) is 0 Å². The Bertz CT molecular complexity index is 1510. The molecule has 0 aliphatic heterocycles. The molecule has 0 aromatic heterocycles. The van der Waals surface area contributed by atoms with E-state index in [0.717, 1.165) is 75.3 Å². The molecule has 4 saturated carbocycles. The molecule has 0 N–H and O–H groups in total. The van der Waals surface area contributed by atoms with Gasteiger partial charge < -0.3 is 4.74 Å². The van der Waals surface area contributed by atoms with E-state index >= 15 is 17.6 Å². The molecule has 0 saturated heterocycles. The normalized spacial score (nSPS) is 27.4. The second-order valence-corrected chi connectivity index (χ2v) is 21.9. The molecule has 2 aromatic carbocycles. The van der Waals surface area contributed by atoms with E-state index in [9.17, 15) is 8.78 Å². The highest BCUT2D eigenvalue weighted by molar-refractivity contribution is 5.26. The first-order valence-corrected chi connectivity index (χ1v) is 27.6. The van der Waals surface area contributed by atoms with Crippen LogP contribution in [-0.4, -0.2) is 0 Å². The van der Waals surface area contributed by atoms with E-state index in [1.54, 1.807) is 0 Å². The van der Waals surface area contributed by atoms with Gasteiger partial charge in [-0.3, -0.25) is 0 Å². The number of halogens is 6. The van der Waals surface area contributed by atoms with Gasteiger partial charge in [0.15, 0.2) is 34.9 Å². The Hall–Kier alpha value is -2.02. The van der Waals surface area contributed by atoms with E-state index < -0.39 is 47.1 Å². The van der Waals surface area contributed by atoms with Gasteiger partial charge in [0.05, 0.1) is 12.2 Å². The van der Waals surface area contributed by atoms with Crippen LogP contribution in [0.15, 0.2) is 24.3 Å². The zero-order chi connectivity index (χ0) is 46.0. The highest BCUT2D eigenvalue weighted by Gasteiger charge is 2.41. The van der Waals surface area contributed by atoms with Crippen LogP contribution >= 0.6 is 0 Å². The van der Waals surface area contributed by atoms with E-state index in [1.807, 2.05) is 0 Å². The molecule has 2 aromatic rings. The predicted octanol–water partition coefficient (Wildman–Crippen LogP) is 19.6. The summed E-state index contributed by atoms with van der Waals surface area (Å²) in [6.45, 7) is 4.53. The fourth-order valence-electron chi connectivity index (χ4n) is 13.4. The molecule has 4 fully saturated rings. The topological polar surface area (TPSA) is 9.23 Å². The number of benzene rings is 2. The van der Waals surface area contributed by atoms with Gasteiger partial charge in [0.25, 0.3) is 0 Å². The van der Waals surface area contributed by atoms with Crippen LogP contribution in [0.3, 0.4) is 0 Å². The van der Waals surface area contributed by atoms with Crippen LogP contribution in [0.1, 0.15) is 255 Å². The standard InChI is InChI=1S/C58H88F6O/c1-3-5-7-9-11-13-15-17-19-41-21-25-43(26-22-41)45-29-33-47(34-30-45)57(49-37-39-51(59)55(63)53(49)61)65-58(50-38-40-52(60)56(64)54(50)62)48-35-31-46(32-36-48)44-27-23-42(24-28-44)20-18-16-14-12-10-8-6-4-2/h37-48,57-58H,3-36H2,1-2H3/t41-,42-,43-,44-,45-,46-,47-,48-,57?,58?. The van der Waals surface area contributed by atoms with Crippen molar-refractivity contribution in [3.05, 3.63) is 70.3 Å². The zero-order valence-corrected chi connectivity index (χ0v) is 40.8. The Morgan fingerprint density at radius 3 is 0.985 bits per heavy atom. The summed E-state index contributed by atoms with van der Waals surface area (Å²) in [5.74, 6) is -4.52. The van der Waals surface area contributed by atoms with Crippen LogP contribution in [-0.2, 0) is 4.74 Å². The largest absolute Gasteiger partial charge is 0.365 e. The highest BCUT2D eigenvalue weighted by atomic mass is 19.2. The SMILES string of the molecule is CCCCCCCCCC[C@H]1CC[C@H]([C@H]2CC[C@H](C(OC(c3ccc(F)c(F)c3F)[C@H]3CC[C@H]([C@H]4CC[C@H](CCCCCCCCCC)CC4)CC3)c3ccc(F)c(F)c3F)CC2)CC1. The maximum absolute atomic E-state index is 15.9. The lowest BCUT2D eigenvalue weighted by Gasteiger charge is -2.43. The van der Waals surface area contributed by atoms with E-state index in [1.165, 1.54) is 179 Å². The maximum Gasteiger partial charge on any atom is 0.194 e. The Balaban J connectivity index is 1.05. The smallest absolute Gasteiger partial charge is 0.194 e. The van der Waals surface area contributed by atoms with Gasteiger partial charge in [-0.2, -0.15) is 0 Å². The third kappa shape index (κ3) is 15.5. The monoisotopic (exact) mass is 915 g/mol. The first kappa shape index (κ1) is 52.4. The summed E-state index contributed by atoms with van der Waals surface area (Å²) in [6.07, 6.45) is 39.2. The van der Waals surface area contributed by atoms with Crippen molar-refractivity contribution in [3.63, 3.8) is 0 Å². The van der Waals surface area contributed by atoms with Gasteiger partial charge >= 0.3 is 0 Å². The summed E-state index contributed by atoms with van der Waals surface area (Å²) >= 11 is 0. The average Bonchev–Trinajstić information content (AvgIpc) is 3.33. The van der Waals surface area contributed by atoms with E-state index in [4.69, 9.17) is 4.74 Å². The molecular formula is C58H88F6O. The predicted molar refractivity (Wildman–Crippen MR) is 255 cm³/mol. The lowest BCUT2D eigenvalue weighted by molar-refractivity contribution is -0.0963. The summed E-state index contributed by atoms with van der Waals surface area (Å²) in [5, 5.41) is 0. The molecule has 0 bridgehead atoms. The molecular weight excluding hydrogens is 827 g/mol. The molecule has 368 valence electrons. The molecule has 0 radical (unpaired) electrons. The van der Waals surface area contributed by atoms with Gasteiger partial charge in [-0.05, 0) is 137 Å². The molecule has 1 nitrogen and oxygen atoms in total. The van der Waals surface area contributed by atoms with Gasteiger partial charge in [-0.25, -0.2) is 26.3 Å². The summed E-state index contributed by atoms with van der Waals surface area (Å²) < 4.78 is 97.7. The van der Waals surface area contributed by atoms with Crippen LogP contribution in [0.4, 0.5) is 26.3 Å². The van der Waals surface area contributed by atoms with Crippen LogP contribution in [0.25, 0.3) is 0 Å². The van der Waals surface area contributed by atoms with Crippen molar-refractivity contribution < 1.29 is 31.1 Å². The molecule has 4 aliphatic carbocycles. The zero-order valence-electron chi connectivity index (χ0n) is 40.8. The Kier molecular flexibility index (Phi) is 22.4. The Morgan fingerprint density at radius 2 is 0.662 bits per heavy atom. The number of rotatable bonds is 26. The van der Waals surface area contributed by atoms with Gasteiger partial charge in [0, 0.05) is 11.1 Å². The van der Waals surface area contributed by atoms with E-state index in [2.05, 4.69) is 13.8 Å². The fraction of sp³-hybridized carbons (Fsp3) is 0.793. The Labute approximate surface area is 391 Å². The summed E-state index contributed by atoms with van der Waals surface area (Å²) in [7, 11) is 0. The quantitative estimate of drug-likeness (QED) is 0.0519. The van der Waals surface area contributed by atoms with E-state index in [0.29, 0.717) is 23.7 Å². The van der Waals surface area contributed by atoms with Crippen molar-refractivity contribution >= 4 is 0 Å². The second-order valence-electron chi connectivity index (χ2n) is 21.9. The third-order valence-electron chi connectivity index (χ3n) is 17.6. The lowest BCUT2D eigenvalue weighted by Crippen LogP contribution is -2.32. The minimum Gasteiger partial charge on any atom is -0.365 e. The molecule has 0 spiro atoms. The van der Waals surface area contributed by atoms with Crippen molar-refractivity contribution in [2.45, 2.75) is 244 Å². The lowest BCUT2D eigenvalue weighted by atomic mass is 9.67. The maximum atomic E-state index is 15.9. The van der Waals surface area contributed by atoms with Crippen molar-refractivity contribution in [2.75, 3.05) is 0 Å². The number of ether oxygens (including phenoxy) is 1. The van der Waals surface area contributed by atoms with Crippen LogP contribution in [0, 0.1) is 82.2 Å².